The first kappa shape index (κ1) is 14.0. The summed E-state index contributed by atoms with van der Waals surface area (Å²) in [5.74, 6) is 0.315. The molecule has 5 heteroatoms. The van der Waals surface area contributed by atoms with E-state index in [0.29, 0.717) is 12.5 Å². The van der Waals surface area contributed by atoms with Gasteiger partial charge in [0.2, 0.25) is 11.8 Å². The first-order chi connectivity index (χ1) is 10.0. The number of nitrogens with zero attached hydrogens (tertiary/aromatic N) is 2. The molecule has 3 rings (SSSR count). The van der Waals surface area contributed by atoms with Crippen LogP contribution < -0.4 is 5.32 Å². The summed E-state index contributed by atoms with van der Waals surface area (Å²) in [4.78, 5) is 30.7. The van der Waals surface area contributed by atoms with Crippen LogP contribution >= 0.6 is 0 Å². The fraction of sp³-hybridized carbons (Fsp3) is 0.562. The van der Waals surface area contributed by atoms with Gasteiger partial charge >= 0.3 is 0 Å². The van der Waals surface area contributed by atoms with Crippen molar-refractivity contribution >= 4 is 11.8 Å². The second-order valence-corrected chi connectivity index (χ2v) is 6.25. The van der Waals surface area contributed by atoms with Crippen molar-refractivity contribution in [2.75, 3.05) is 6.54 Å². The number of hydrogen-bond donors (Lipinski definition) is 1. The Morgan fingerprint density at radius 3 is 2.62 bits per heavy atom. The third kappa shape index (κ3) is 2.52. The highest BCUT2D eigenvalue weighted by atomic mass is 16.2. The van der Waals surface area contributed by atoms with Crippen molar-refractivity contribution in [1.82, 2.24) is 15.2 Å². The van der Waals surface area contributed by atoms with Crippen molar-refractivity contribution in [3.8, 4) is 0 Å². The summed E-state index contributed by atoms with van der Waals surface area (Å²) in [6, 6.07) is 3.49. The molecule has 2 amide bonds. The number of carbonyl (C=O) groups is 2. The van der Waals surface area contributed by atoms with Crippen molar-refractivity contribution in [2.45, 2.75) is 44.7 Å². The van der Waals surface area contributed by atoms with Gasteiger partial charge in [-0.1, -0.05) is 0 Å². The van der Waals surface area contributed by atoms with E-state index in [2.05, 4.69) is 10.3 Å². The van der Waals surface area contributed by atoms with Crippen molar-refractivity contribution < 1.29 is 9.59 Å². The summed E-state index contributed by atoms with van der Waals surface area (Å²) in [6.07, 6.45) is 6.28. The smallest absolute Gasteiger partial charge is 0.249 e. The topological polar surface area (TPSA) is 62.3 Å². The van der Waals surface area contributed by atoms with Crippen LogP contribution in [0.25, 0.3) is 0 Å². The SMILES string of the molecule is CC1C(=O)NC(C)(C2CC2)C(=O)N1CCc1ccncc1. The van der Waals surface area contributed by atoms with Crippen LogP contribution in [0.5, 0.6) is 0 Å². The molecule has 1 N–H and O–H groups in total. The Balaban J connectivity index is 1.75. The van der Waals surface area contributed by atoms with E-state index in [-0.39, 0.29) is 11.8 Å². The highest BCUT2D eigenvalue weighted by molar-refractivity contribution is 5.99. The Labute approximate surface area is 124 Å². The summed E-state index contributed by atoms with van der Waals surface area (Å²) in [5, 5.41) is 2.94. The molecule has 2 atom stereocenters. The van der Waals surface area contributed by atoms with E-state index in [4.69, 9.17) is 0 Å². The summed E-state index contributed by atoms with van der Waals surface area (Å²) in [6.45, 7) is 4.24. The maximum absolute atomic E-state index is 12.8. The van der Waals surface area contributed by atoms with Gasteiger partial charge in [-0.15, -0.1) is 0 Å². The van der Waals surface area contributed by atoms with Crippen LogP contribution in [0.2, 0.25) is 0 Å². The van der Waals surface area contributed by atoms with Gasteiger partial charge in [0, 0.05) is 18.9 Å². The minimum atomic E-state index is -0.707. The largest absolute Gasteiger partial charge is 0.340 e. The summed E-state index contributed by atoms with van der Waals surface area (Å²) >= 11 is 0. The molecule has 2 aliphatic rings. The van der Waals surface area contributed by atoms with Crippen molar-refractivity contribution in [3.63, 3.8) is 0 Å². The molecule has 2 unspecified atom stereocenters. The van der Waals surface area contributed by atoms with E-state index in [1.54, 1.807) is 24.2 Å². The van der Waals surface area contributed by atoms with E-state index in [0.717, 1.165) is 24.8 Å². The fourth-order valence-electron chi connectivity index (χ4n) is 3.06. The third-order valence-electron chi connectivity index (χ3n) is 4.72. The fourth-order valence-corrected chi connectivity index (χ4v) is 3.06. The molecule has 0 bridgehead atoms. The molecule has 0 spiro atoms. The number of piperazine rings is 1. The maximum Gasteiger partial charge on any atom is 0.249 e. The maximum atomic E-state index is 12.8. The molecule has 1 aliphatic heterocycles. The van der Waals surface area contributed by atoms with Crippen LogP contribution in [0.3, 0.4) is 0 Å². The number of nitrogens with one attached hydrogen (secondary N) is 1. The molecule has 1 aromatic heterocycles. The number of hydrogen-bond acceptors (Lipinski definition) is 3. The lowest BCUT2D eigenvalue weighted by molar-refractivity contribution is -0.154. The second kappa shape index (κ2) is 5.13. The van der Waals surface area contributed by atoms with E-state index in [1.807, 2.05) is 19.1 Å². The number of aromatic nitrogens is 1. The van der Waals surface area contributed by atoms with Gasteiger partial charge < -0.3 is 10.2 Å². The minimum Gasteiger partial charge on any atom is -0.340 e. The molecule has 112 valence electrons. The minimum absolute atomic E-state index is 0.0428. The Hall–Kier alpha value is -1.91. The first-order valence-electron chi connectivity index (χ1n) is 7.54. The molecular formula is C16H21N3O2. The molecule has 2 fully saturated rings. The highest BCUT2D eigenvalue weighted by Gasteiger charge is 2.54. The number of amides is 2. The average Bonchev–Trinajstić information content (AvgIpc) is 3.31. The number of rotatable bonds is 4. The summed E-state index contributed by atoms with van der Waals surface area (Å²) in [7, 11) is 0. The standard InChI is InChI=1S/C16H21N3O2/c1-11-14(20)18-16(2,13-3-4-13)15(21)19(11)10-7-12-5-8-17-9-6-12/h5-6,8-9,11,13H,3-4,7,10H2,1-2H3,(H,18,20). The normalized spacial score (nSPS) is 29.4. The van der Waals surface area contributed by atoms with Crippen molar-refractivity contribution in [2.24, 2.45) is 5.92 Å². The van der Waals surface area contributed by atoms with Crippen molar-refractivity contribution in [3.05, 3.63) is 30.1 Å². The number of carbonyl (C=O) groups excluding carboxylic acids is 2. The zero-order chi connectivity index (χ0) is 15.0. The summed E-state index contributed by atoms with van der Waals surface area (Å²) < 4.78 is 0. The molecule has 1 saturated heterocycles. The average molecular weight is 287 g/mol. The Kier molecular flexibility index (Phi) is 3.43. The molecule has 0 aromatic carbocycles. The number of pyridine rings is 1. The predicted octanol–water partition coefficient (Wildman–Crippen LogP) is 1.14. The summed E-state index contributed by atoms with van der Waals surface area (Å²) in [5.41, 5.74) is 0.422. The Morgan fingerprint density at radius 1 is 1.33 bits per heavy atom. The molecule has 21 heavy (non-hydrogen) atoms. The van der Waals surface area contributed by atoms with Gasteiger partial charge in [-0.25, -0.2) is 0 Å². The van der Waals surface area contributed by atoms with E-state index in [9.17, 15) is 9.59 Å². The molecule has 1 saturated carbocycles. The molecular weight excluding hydrogens is 266 g/mol. The lowest BCUT2D eigenvalue weighted by Crippen LogP contribution is -2.69. The monoisotopic (exact) mass is 287 g/mol. The van der Waals surface area contributed by atoms with E-state index >= 15 is 0 Å². The molecule has 5 nitrogen and oxygen atoms in total. The van der Waals surface area contributed by atoms with Crippen LogP contribution in [-0.2, 0) is 16.0 Å². The van der Waals surface area contributed by atoms with E-state index < -0.39 is 11.6 Å². The predicted molar refractivity (Wildman–Crippen MR) is 78.4 cm³/mol. The van der Waals surface area contributed by atoms with Crippen LogP contribution in [0.15, 0.2) is 24.5 Å². The Bertz CT molecular complexity index is 556. The van der Waals surface area contributed by atoms with Crippen LogP contribution in [-0.4, -0.2) is 39.8 Å². The van der Waals surface area contributed by atoms with E-state index in [1.165, 1.54) is 0 Å². The first-order valence-corrected chi connectivity index (χ1v) is 7.54. The Morgan fingerprint density at radius 2 is 2.00 bits per heavy atom. The zero-order valence-electron chi connectivity index (χ0n) is 12.5. The third-order valence-corrected chi connectivity index (χ3v) is 4.72. The van der Waals surface area contributed by atoms with Gasteiger partial charge in [0.15, 0.2) is 0 Å². The molecule has 1 aromatic rings. The van der Waals surface area contributed by atoms with Gasteiger partial charge in [0.25, 0.3) is 0 Å². The van der Waals surface area contributed by atoms with Gasteiger partial charge in [0.1, 0.15) is 11.6 Å². The van der Waals surface area contributed by atoms with Gasteiger partial charge in [-0.3, -0.25) is 14.6 Å². The van der Waals surface area contributed by atoms with Gasteiger partial charge in [0.05, 0.1) is 0 Å². The zero-order valence-corrected chi connectivity index (χ0v) is 12.5. The van der Waals surface area contributed by atoms with Crippen molar-refractivity contribution in [1.29, 1.82) is 0 Å². The lowest BCUT2D eigenvalue weighted by atomic mass is 9.89. The molecule has 2 heterocycles. The second-order valence-electron chi connectivity index (χ2n) is 6.25. The lowest BCUT2D eigenvalue weighted by Gasteiger charge is -2.43. The highest BCUT2D eigenvalue weighted by Crippen LogP contribution is 2.42. The van der Waals surface area contributed by atoms with Crippen LogP contribution in [0.1, 0.15) is 32.3 Å². The van der Waals surface area contributed by atoms with Gasteiger partial charge in [-0.2, -0.15) is 0 Å². The quantitative estimate of drug-likeness (QED) is 0.903. The van der Waals surface area contributed by atoms with Crippen LogP contribution in [0.4, 0.5) is 0 Å². The van der Waals surface area contributed by atoms with Gasteiger partial charge in [-0.05, 0) is 56.7 Å². The molecule has 1 aliphatic carbocycles. The molecule has 0 radical (unpaired) electrons. The van der Waals surface area contributed by atoms with Crippen LogP contribution in [0, 0.1) is 5.92 Å².